The average Bonchev–Trinajstić information content (AvgIpc) is 2.90. The molecule has 1 aliphatic heterocycles. The Kier molecular flexibility index (Phi) is 6.30. The molecule has 1 N–H and O–H groups in total. The molecule has 2 aromatic rings. The van der Waals surface area contributed by atoms with Crippen molar-refractivity contribution in [1.82, 2.24) is 4.90 Å². The van der Waals surface area contributed by atoms with Gasteiger partial charge >= 0.3 is 0 Å². The largest absolute Gasteiger partial charge is 0.491 e. The number of rotatable bonds is 7. The monoisotopic (exact) mass is 406 g/mol. The van der Waals surface area contributed by atoms with E-state index in [0.717, 1.165) is 22.6 Å². The zero-order chi connectivity index (χ0) is 22.0. The van der Waals surface area contributed by atoms with Gasteiger partial charge in [-0.1, -0.05) is 38.1 Å². The lowest BCUT2D eigenvalue weighted by Crippen LogP contribution is -2.35. The summed E-state index contributed by atoms with van der Waals surface area (Å²) in [5.41, 5.74) is 4.42. The lowest BCUT2D eigenvalue weighted by molar-refractivity contribution is -0.137. The predicted molar refractivity (Wildman–Crippen MR) is 120 cm³/mol. The van der Waals surface area contributed by atoms with E-state index < -0.39 is 0 Å². The SMILES string of the molecule is Cc1cccc(NC2=C(c3ccc(OC(C)C)cc3)C(=O)N(CC(C)C)C2=O)c1C. The first kappa shape index (κ1) is 21.6. The van der Waals surface area contributed by atoms with E-state index in [4.69, 9.17) is 4.74 Å². The van der Waals surface area contributed by atoms with Crippen molar-refractivity contribution >= 4 is 23.1 Å². The first-order valence-corrected chi connectivity index (χ1v) is 10.4. The molecule has 30 heavy (non-hydrogen) atoms. The van der Waals surface area contributed by atoms with Crippen LogP contribution in [-0.2, 0) is 9.59 Å². The highest BCUT2D eigenvalue weighted by atomic mass is 16.5. The quantitative estimate of drug-likeness (QED) is 0.662. The maximum absolute atomic E-state index is 13.2. The summed E-state index contributed by atoms with van der Waals surface area (Å²) in [6, 6.07) is 13.2. The highest BCUT2D eigenvalue weighted by Crippen LogP contribution is 2.33. The molecule has 0 aliphatic carbocycles. The normalized spacial score (nSPS) is 14.3. The fourth-order valence-corrected chi connectivity index (χ4v) is 3.48. The number of imide groups is 1. The third-order valence-corrected chi connectivity index (χ3v) is 5.09. The van der Waals surface area contributed by atoms with Crippen LogP contribution < -0.4 is 10.1 Å². The van der Waals surface area contributed by atoms with E-state index in [1.807, 2.05) is 84.0 Å². The van der Waals surface area contributed by atoms with Crippen molar-refractivity contribution in [2.24, 2.45) is 5.92 Å². The molecule has 0 atom stereocenters. The molecule has 0 radical (unpaired) electrons. The molecule has 158 valence electrons. The Bertz CT molecular complexity index is 988. The van der Waals surface area contributed by atoms with Gasteiger partial charge in [-0.2, -0.15) is 0 Å². The summed E-state index contributed by atoms with van der Waals surface area (Å²) in [6.45, 7) is 12.3. The maximum Gasteiger partial charge on any atom is 0.278 e. The summed E-state index contributed by atoms with van der Waals surface area (Å²) in [6.07, 6.45) is 0.0628. The van der Waals surface area contributed by atoms with E-state index in [2.05, 4.69) is 5.32 Å². The zero-order valence-corrected chi connectivity index (χ0v) is 18.6. The van der Waals surface area contributed by atoms with Crippen molar-refractivity contribution in [1.29, 1.82) is 0 Å². The van der Waals surface area contributed by atoms with Crippen LogP contribution in [0.4, 0.5) is 5.69 Å². The first-order valence-electron chi connectivity index (χ1n) is 10.4. The van der Waals surface area contributed by atoms with Gasteiger partial charge < -0.3 is 10.1 Å². The minimum atomic E-state index is -0.285. The van der Waals surface area contributed by atoms with Crippen LogP contribution >= 0.6 is 0 Å². The number of nitrogens with one attached hydrogen (secondary N) is 1. The summed E-state index contributed by atoms with van der Waals surface area (Å²) in [4.78, 5) is 27.8. The molecule has 0 saturated heterocycles. The molecular weight excluding hydrogens is 376 g/mol. The highest BCUT2D eigenvalue weighted by molar-refractivity contribution is 6.36. The lowest BCUT2D eigenvalue weighted by Gasteiger charge is -2.18. The van der Waals surface area contributed by atoms with Crippen molar-refractivity contribution in [2.45, 2.75) is 47.6 Å². The van der Waals surface area contributed by atoms with Crippen molar-refractivity contribution < 1.29 is 14.3 Å². The summed E-state index contributed by atoms with van der Waals surface area (Å²) in [5, 5.41) is 3.27. The lowest BCUT2D eigenvalue weighted by atomic mass is 10.0. The van der Waals surface area contributed by atoms with Crippen LogP contribution in [0.15, 0.2) is 48.2 Å². The fourth-order valence-electron chi connectivity index (χ4n) is 3.48. The van der Waals surface area contributed by atoms with Crippen LogP contribution in [0.2, 0.25) is 0 Å². The van der Waals surface area contributed by atoms with Gasteiger partial charge in [0.15, 0.2) is 0 Å². The maximum atomic E-state index is 13.2. The number of amides is 2. The Labute approximate surface area is 178 Å². The molecule has 3 rings (SSSR count). The van der Waals surface area contributed by atoms with Crippen molar-refractivity contribution in [3.63, 3.8) is 0 Å². The van der Waals surface area contributed by atoms with Crippen LogP contribution in [0, 0.1) is 19.8 Å². The molecule has 5 heteroatoms. The number of hydrogen-bond acceptors (Lipinski definition) is 4. The molecular formula is C25H30N2O3. The van der Waals surface area contributed by atoms with Gasteiger partial charge in [0.05, 0.1) is 11.7 Å². The number of hydrogen-bond donors (Lipinski definition) is 1. The standard InChI is InChI=1S/C25H30N2O3/c1-15(2)14-27-24(28)22(19-10-12-20(13-11-19)30-16(3)4)23(25(27)29)26-21-9-7-8-17(5)18(21)6/h7-13,15-16,26H,14H2,1-6H3. The van der Waals surface area contributed by atoms with Crippen molar-refractivity contribution in [3.8, 4) is 5.75 Å². The van der Waals surface area contributed by atoms with Gasteiger partial charge in [-0.15, -0.1) is 0 Å². The number of anilines is 1. The fraction of sp³-hybridized carbons (Fsp3) is 0.360. The molecule has 0 aromatic heterocycles. The number of ether oxygens (including phenoxy) is 1. The number of carbonyl (C=O) groups excluding carboxylic acids is 2. The minimum absolute atomic E-state index is 0.0628. The van der Waals surface area contributed by atoms with Crippen LogP contribution in [0.3, 0.4) is 0 Å². The van der Waals surface area contributed by atoms with Gasteiger partial charge in [0, 0.05) is 12.2 Å². The van der Waals surface area contributed by atoms with E-state index in [0.29, 0.717) is 23.4 Å². The Morgan fingerprint density at radius 3 is 2.20 bits per heavy atom. The minimum Gasteiger partial charge on any atom is -0.491 e. The van der Waals surface area contributed by atoms with Crippen molar-refractivity contribution in [3.05, 3.63) is 64.9 Å². The second-order valence-corrected chi connectivity index (χ2v) is 8.43. The van der Waals surface area contributed by atoms with Gasteiger partial charge in [0.1, 0.15) is 11.4 Å². The molecule has 5 nitrogen and oxygen atoms in total. The van der Waals surface area contributed by atoms with Gasteiger partial charge in [0.25, 0.3) is 11.8 Å². The highest BCUT2D eigenvalue weighted by Gasteiger charge is 2.39. The topological polar surface area (TPSA) is 58.6 Å². The molecule has 0 bridgehead atoms. The number of carbonyl (C=O) groups is 2. The molecule has 2 amide bonds. The van der Waals surface area contributed by atoms with Gasteiger partial charge in [-0.05, 0) is 68.5 Å². The van der Waals surface area contributed by atoms with Crippen molar-refractivity contribution in [2.75, 3.05) is 11.9 Å². The third kappa shape index (κ3) is 4.40. The van der Waals surface area contributed by atoms with Crippen LogP contribution in [0.25, 0.3) is 5.57 Å². The first-order chi connectivity index (χ1) is 14.2. The summed E-state index contributed by atoms with van der Waals surface area (Å²) >= 11 is 0. The molecule has 0 unspecified atom stereocenters. The smallest absolute Gasteiger partial charge is 0.278 e. The molecule has 0 fully saturated rings. The zero-order valence-electron chi connectivity index (χ0n) is 18.6. The number of nitrogens with zero attached hydrogens (tertiary/aromatic N) is 1. The average molecular weight is 407 g/mol. The Balaban J connectivity index is 2.05. The van der Waals surface area contributed by atoms with Crippen LogP contribution in [-0.4, -0.2) is 29.4 Å². The second-order valence-electron chi connectivity index (χ2n) is 8.43. The second kappa shape index (κ2) is 8.74. The number of aryl methyl sites for hydroxylation is 1. The molecule has 0 spiro atoms. The molecule has 0 saturated carbocycles. The van der Waals surface area contributed by atoms with Crippen LogP contribution in [0.5, 0.6) is 5.75 Å². The Morgan fingerprint density at radius 2 is 1.60 bits per heavy atom. The molecule has 1 aliphatic rings. The van der Waals surface area contributed by atoms with Gasteiger partial charge in [-0.25, -0.2) is 0 Å². The summed E-state index contributed by atoms with van der Waals surface area (Å²) in [5.74, 6) is 0.362. The van der Waals surface area contributed by atoms with Gasteiger partial charge in [-0.3, -0.25) is 14.5 Å². The summed E-state index contributed by atoms with van der Waals surface area (Å²) < 4.78 is 5.71. The van der Waals surface area contributed by atoms with E-state index in [9.17, 15) is 9.59 Å². The third-order valence-electron chi connectivity index (χ3n) is 5.09. The number of benzene rings is 2. The molecule has 1 heterocycles. The van der Waals surface area contributed by atoms with E-state index in [1.54, 1.807) is 0 Å². The Hall–Kier alpha value is -3.08. The van der Waals surface area contributed by atoms with E-state index in [-0.39, 0.29) is 23.8 Å². The van der Waals surface area contributed by atoms with Crippen LogP contribution in [0.1, 0.15) is 44.4 Å². The van der Waals surface area contributed by atoms with Gasteiger partial charge in [0.2, 0.25) is 0 Å². The van der Waals surface area contributed by atoms with E-state index >= 15 is 0 Å². The Morgan fingerprint density at radius 1 is 0.933 bits per heavy atom. The predicted octanol–water partition coefficient (Wildman–Crippen LogP) is 4.94. The summed E-state index contributed by atoms with van der Waals surface area (Å²) in [7, 11) is 0. The van der Waals surface area contributed by atoms with E-state index in [1.165, 1.54) is 4.90 Å². The molecule has 2 aromatic carbocycles.